The van der Waals surface area contributed by atoms with Crippen molar-refractivity contribution in [3.63, 3.8) is 0 Å². The zero-order valence-electron chi connectivity index (χ0n) is 11.6. The molecule has 0 spiro atoms. The van der Waals surface area contributed by atoms with Gasteiger partial charge < -0.3 is 9.84 Å². The van der Waals surface area contributed by atoms with Gasteiger partial charge >= 0.3 is 0 Å². The first kappa shape index (κ1) is 13.7. The standard InChI is InChI=1S/C12H20N6O/c1-4-5-11-14-12(19-16-11)8-18-7-10(15-17-18)6-13-9(2)3/h7,9,13H,4-6,8H2,1-3H3. The second kappa shape index (κ2) is 6.42. The van der Waals surface area contributed by atoms with E-state index in [-0.39, 0.29) is 0 Å². The third-order valence-electron chi connectivity index (χ3n) is 2.56. The molecule has 19 heavy (non-hydrogen) atoms. The Morgan fingerprint density at radius 2 is 2.26 bits per heavy atom. The van der Waals surface area contributed by atoms with Gasteiger partial charge in [0.1, 0.15) is 6.54 Å². The second-order valence-corrected chi connectivity index (χ2v) is 4.80. The van der Waals surface area contributed by atoms with E-state index in [1.54, 1.807) is 4.68 Å². The highest BCUT2D eigenvalue weighted by molar-refractivity contribution is 4.94. The summed E-state index contributed by atoms with van der Waals surface area (Å²) in [7, 11) is 0. The van der Waals surface area contributed by atoms with Gasteiger partial charge in [-0.15, -0.1) is 5.10 Å². The Morgan fingerprint density at radius 1 is 1.42 bits per heavy atom. The molecule has 7 nitrogen and oxygen atoms in total. The molecule has 0 saturated heterocycles. The molecule has 2 rings (SSSR count). The summed E-state index contributed by atoms with van der Waals surface area (Å²) >= 11 is 0. The molecule has 1 N–H and O–H groups in total. The maximum Gasteiger partial charge on any atom is 0.248 e. The Labute approximate surface area is 112 Å². The van der Waals surface area contributed by atoms with Gasteiger partial charge in [-0.2, -0.15) is 4.98 Å². The molecule has 0 aliphatic carbocycles. The van der Waals surface area contributed by atoms with Crippen molar-refractivity contribution >= 4 is 0 Å². The van der Waals surface area contributed by atoms with Crippen LogP contribution in [0.3, 0.4) is 0 Å². The SMILES string of the molecule is CCCc1noc(Cn2cc(CNC(C)C)nn2)n1. The number of aryl methyl sites for hydroxylation is 1. The van der Waals surface area contributed by atoms with Gasteiger partial charge in [0.05, 0.1) is 11.9 Å². The molecule has 104 valence electrons. The number of hydrogen-bond donors (Lipinski definition) is 1. The van der Waals surface area contributed by atoms with Crippen LogP contribution < -0.4 is 5.32 Å². The molecule has 2 aromatic rings. The van der Waals surface area contributed by atoms with Gasteiger partial charge in [0.2, 0.25) is 5.89 Å². The van der Waals surface area contributed by atoms with Crippen LogP contribution in [0.1, 0.15) is 44.6 Å². The van der Waals surface area contributed by atoms with Crippen LogP contribution >= 0.6 is 0 Å². The topological polar surface area (TPSA) is 81.7 Å². The predicted molar refractivity (Wildman–Crippen MR) is 69.4 cm³/mol. The van der Waals surface area contributed by atoms with E-state index in [2.05, 4.69) is 46.5 Å². The Balaban J connectivity index is 1.91. The van der Waals surface area contributed by atoms with Crippen molar-refractivity contribution in [1.29, 1.82) is 0 Å². The number of rotatable bonds is 7. The molecule has 0 saturated carbocycles. The highest BCUT2D eigenvalue weighted by atomic mass is 16.5. The normalized spacial score (nSPS) is 11.4. The fourth-order valence-corrected chi connectivity index (χ4v) is 1.62. The predicted octanol–water partition coefficient (Wildman–Crippen LogP) is 1.16. The average molecular weight is 264 g/mol. The van der Waals surface area contributed by atoms with E-state index >= 15 is 0 Å². The van der Waals surface area contributed by atoms with Crippen molar-refractivity contribution in [1.82, 2.24) is 30.5 Å². The summed E-state index contributed by atoms with van der Waals surface area (Å²) in [4.78, 5) is 4.30. The zero-order chi connectivity index (χ0) is 13.7. The van der Waals surface area contributed by atoms with Crippen molar-refractivity contribution in [3.05, 3.63) is 23.6 Å². The van der Waals surface area contributed by atoms with Crippen LogP contribution in [0.25, 0.3) is 0 Å². The second-order valence-electron chi connectivity index (χ2n) is 4.80. The minimum Gasteiger partial charge on any atom is -0.337 e. The molecular formula is C12H20N6O. The smallest absolute Gasteiger partial charge is 0.248 e. The van der Waals surface area contributed by atoms with Crippen molar-refractivity contribution in [2.75, 3.05) is 0 Å². The molecule has 0 radical (unpaired) electrons. The molecule has 0 amide bonds. The van der Waals surface area contributed by atoms with Gasteiger partial charge in [0.25, 0.3) is 0 Å². The summed E-state index contributed by atoms with van der Waals surface area (Å²) in [6.45, 7) is 7.45. The van der Waals surface area contributed by atoms with E-state index in [0.29, 0.717) is 25.0 Å². The van der Waals surface area contributed by atoms with Crippen LogP contribution in [0.5, 0.6) is 0 Å². The molecular weight excluding hydrogens is 244 g/mol. The monoisotopic (exact) mass is 264 g/mol. The Morgan fingerprint density at radius 3 is 3.00 bits per heavy atom. The molecule has 2 heterocycles. The first-order chi connectivity index (χ1) is 9.17. The maximum atomic E-state index is 5.16. The van der Waals surface area contributed by atoms with Gasteiger partial charge in [0.15, 0.2) is 5.82 Å². The molecule has 0 atom stereocenters. The number of hydrogen-bond acceptors (Lipinski definition) is 6. The van der Waals surface area contributed by atoms with E-state index in [1.165, 1.54) is 0 Å². The average Bonchev–Trinajstić information content (AvgIpc) is 2.98. The minimum atomic E-state index is 0.428. The first-order valence-electron chi connectivity index (χ1n) is 6.61. The van der Waals surface area contributed by atoms with E-state index in [4.69, 9.17) is 4.52 Å². The van der Waals surface area contributed by atoms with E-state index < -0.39 is 0 Å². The van der Waals surface area contributed by atoms with Crippen LogP contribution in [0.15, 0.2) is 10.7 Å². The summed E-state index contributed by atoms with van der Waals surface area (Å²) < 4.78 is 6.87. The Bertz CT molecular complexity index is 504. The lowest BCUT2D eigenvalue weighted by molar-refractivity contribution is 0.359. The molecule has 0 aromatic carbocycles. The molecule has 0 unspecified atom stereocenters. The zero-order valence-corrected chi connectivity index (χ0v) is 11.6. The van der Waals surface area contributed by atoms with Gasteiger partial charge in [-0.25, -0.2) is 4.68 Å². The Hall–Kier alpha value is -1.76. The lowest BCUT2D eigenvalue weighted by Gasteiger charge is -2.03. The van der Waals surface area contributed by atoms with Crippen molar-refractivity contribution in [2.45, 2.75) is 52.7 Å². The van der Waals surface area contributed by atoms with E-state index in [9.17, 15) is 0 Å². The quantitative estimate of drug-likeness (QED) is 0.808. The Kier molecular flexibility index (Phi) is 4.62. The summed E-state index contributed by atoms with van der Waals surface area (Å²) in [6, 6.07) is 0.428. The van der Waals surface area contributed by atoms with Crippen molar-refractivity contribution < 1.29 is 4.52 Å². The summed E-state index contributed by atoms with van der Waals surface area (Å²) in [6.07, 6.45) is 3.73. The van der Waals surface area contributed by atoms with Crippen LogP contribution in [0.2, 0.25) is 0 Å². The summed E-state index contributed by atoms with van der Waals surface area (Å²) in [5.74, 6) is 1.32. The molecule has 0 bridgehead atoms. The van der Waals surface area contributed by atoms with Gasteiger partial charge in [-0.3, -0.25) is 0 Å². The van der Waals surface area contributed by atoms with Gasteiger partial charge in [-0.1, -0.05) is 31.1 Å². The molecule has 0 aliphatic heterocycles. The molecule has 2 aromatic heterocycles. The lowest BCUT2D eigenvalue weighted by atomic mass is 10.3. The summed E-state index contributed by atoms with van der Waals surface area (Å²) in [5.41, 5.74) is 0.905. The minimum absolute atomic E-state index is 0.428. The van der Waals surface area contributed by atoms with Crippen LogP contribution in [0.4, 0.5) is 0 Å². The third kappa shape index (κ3) is 4.13. The highest BCUT2D eigenvalue weighted by Gasteiger charge is 2.08. The van der Waals surface area contributed by atoms with E-state index in [0.717, 1.165) is 24.4 Å². The molecule has 0 aliphatic rings. The largest absolute Gasteiger partial charge is 0.337 e. The summed E-state index contributed by atoms with van der Waals surface area (Å²) in [5, 5.41) is 15.3. The van der Waals surface area contributed by atoms with Crippen LogP contribution in [-0.2, 0) is 19.5 Å². The lowest BCUT2D eigenvalue weighted by Crippen LogP contribution is -2.21. The fraction of sp³-hybridized carbons (Fsp3) is 0.667. The van der Waals surface area contributed by atoms with E-state index in [1.807, 2.05) is 6.20 Å². The van der Waals surface area contributed by atoms with Gasteiger partial charge in [0, 0.05) is 19.0 Å². The number of nitrogens with one attached hydrogen (secondary N) is 1. The van der Waals surface area contributed by atoms with Crippen molar-refractivity contribution in [3.8, 4) is 0 Å². The van der Waals surface area contributed by atoms with Crippen LogP contribution in [-0.4, -0.2) is 31.2 Å². The van der Waals surface area contributed by atoms with Gasteiger partial charge in [-0.05, 0) is 6.42 Å². The number of nitrogens with zero attached hydrogens (tertiary/aromatic N) is 5. The highest BCUT2D eigenvalue weighted by Crippen LogP contribution is 2.03. The van der Waals surface area contributed by atoms with Crippen LogP contribution in [0, 0.1) is 0 Å². The fourth-order valence-electron chi connectivity index (χ4n) is 1.62. The third-order valence-corrected chi connectivity index (χ3v) is 2.56. The first-order valence-corrected chi connectivity index (χ1v) is 6.61. The molecule has 7 heteroatoms. The maximum absolute atomic E-state index is 5.16. The molecule has 0 fully saturated rings. The number of aromatic nitrogens is 5. The van der Waals surface area contributed by atoms with Crippen molar-refractivity contribution in [2.24, 2.45) is 0 Å².